The molecule has 1 saturated heterocycles. The standard InChI is InChI=1S/C18H22ClF3N6O/c1-11(17(29)24-13-3-4-15(19)14(9-13)18(20,21)22)28-7-5-27(6-8-28)10-16-23-12(2)25-26-16/h3-4,9,11H,5-8,10H2,1-2H3,(H,24,29)(H,23,25,26). The molecule has 0 aliphatic carbocycles. The first kappa shape index (κ1) is 21.5. The van der Waals surface area contributed by atoms with Crippen LogP contribution in [0.4, 0.5) is 18.9 Å². The number of aromatic amines is 1. The summed E-state index contributed by atoms with van der Waals surface area (Å²) < 4.78 is 39.0. The van der Waals surface area contributed by atoms with E-state index in [1.54, 1.807) is 6.92 Å². The van der Waals surface area contributed by atoms with E-state index in [0.717, 1.165) is 36.9 Å². The quantitative estimate of drug-likeness (QED) is 0.762. The largest absolute Gasteiger partial charge is 0.417 e. The second kappa shape index (κ2) is 8.68. The summed E-state index contributed by atoms with van der Waals surface area (Å²) in [6.45, 7) is 7.01. The minimum Gasteiger partial charge on any atom is -0.325 e. The third-order valence-corrected chi connectivity index (χ3v) is 5.21. The average molecular weight is 431 g/mol. The lowest BCUT2D eigenvalue weighted by Crippen LogP contribution is -2.52. The van der Waals surface area contributed by atoms with Crippen LogP contribution >= 0.6 is 11.6 Å². The molecule has 29 heavy (non-hydrogen) atoms. The molecular formula is C18H22ClF3N6O. The average Bonchev–Trinajstić information content (AvgIpc) is 3.07. The van der Waals surface area contributed by atoms with Gasteiger partial charge in [0.25, 0.3) is 0 Å². The molecule has 0 saturated carbocycles. The van der Waals surface area contributed by atoms with Crippen LogP contribution in [-0.2, 0) is 17.5 Å². The molecule has 2 heterocycles. The first-order valence-electron chi connectivity index (χ1n) is 9.15. The lowest BCUT2D eigenvalue weighted by atomic mass is 10.1. The maximum atomic E-state index is 13.0. The molecule has 1 fully saturated rings. The van der Waals surface area contributed by atoms with Crippen LogP contribution in [-0.4, -0.2) is 63.1 Å². The summed E-state index contributed by atoms with van der Waals surface area (Å²) in [7, 11) is 0. The van der Waals surface area contributed by atoms with Crippen molar-refractivity contribution >= 4 is 23.2 Å². The van der Waals surface area contributed by atoms with Crippen LogP contribution in [0.15, 0.2) is 18.2 Å². The van der Waals surface area contributed by atoms with Gasteiger partial charge in [0.05, 0.1) is 23.2 Å². The van der Waals surface area contributed by atoms with Gasteiger partial charge < -0.3 is 5.32 Å². The molecule has 1 unspecified atom stereocenters. The number of piperazine rings is 1. The molecule has 7 nitrogen and oxygen atoms in total. The number of carbonyl (C=O) groups excluding carboxylic acids is 1. The van der Waals surface area contributed by atoms with Gasteiger partial charge in [-0.05, 0) is 32.0 Å². The molecule has 1 atom stereocenters. The second-order valence-electron chi connectivity index (χ2n) is 7.01. The lowest BCUT2D eigenvalue weighted by molar-refractivity contribution is -0.137. The molecule has 0 spiro atoms. The summed E-state index contributed by atoms with van der Waals surface area (Å²) in [5.74, 6) is 1.13. The minimum atomic E-state index is -4.58. The maximum absolute atomic E-state index is 13.0. The molecule has 1 aromatic heterocycles. The highest BCUT2D eigenvalue weighted by Gasteiger charge is 2.34. The van der Waals surface area contributed by atoms with Gasteiger partial charge in [-0.25, -0.2) is 4.98 Å². The van der Waals surface area contributed by atoms with E-state index in [-0.39, 0.29) is 11.6 Å². The van der Waals surface area contributed by atoms with Gasteiger partial charge in [0.1, 0.15) is 5.82 Å². The van der Waals surface area contributed by atoms with Crippen LogP contribution in [0.5, 0.6) is 0 Å². The number of aromatic nitrogens is 3. The van der Waals surface area contributed by atoms with Crippen molar-refractivity contribution in [2.24, 2.45) is 0 Å². The fourth-order valence-corrected chi connectivity index (χ4v) is 3.43. The van der Waals surface area contributed by atoms with E-state index in [2.05, 4.69) is 25.4 Å². The van der Waals surface area contributed by atoms with Crippen molar-refractivity contribution in [2.45, 2.75) is 32.6 Å². The molecule has 3 rings (SSSR count). The number of H-pyrrole nitrogens is 1. The monoisotopic (exact) mass is 430 g/mol. The Morgan fingerprint density at radius 3 is 2.59 bits per heavy atom. The van der Waals surface area contributed by atoms with E-state index in [4.69, 9.17) is 11.6 Å². The fourth-order valence-electron chi connectivity index (χ4n) is 3.20. The number of hydrogen-bond donors (Lipinski definition) is 2. The molecule has 2 aromatic rings. The summed E-state index contributed by atoms with van der Waals surface area (Å²) in [6, 6.07) is 2.87. The van der Waals surface area contributed by atoms with Crippen molar-refractivity contribution in [2.75, 3.05) is 31.5 Å². The molecule has 158 valence electrons. The van der Waals surface area contributed by atoms with E-state index in [0.29, 0.717) is 19.6 Å². The van der Waals surface area contributed by atoms with Crippen LogP contribution < -0.4 is 5.32 Å². The normalized spacial score (nSPS) is 17.3. The highest BCUT2D eigenvalue weighted by molar-refractivity contribution is 6.31. The Morgan fingerprint density at radius 1 is 1.31 bits per heavy atom. The zero-order valence-electron chi connectivity index (χ0n) is 16.1. The number of rotatable bonds is 5. The number of benzene rings is 1. The number of carbonyl (C=O) groups is 1. The summed E-state index contributed by atoms with van der Waals surface area (Å²) in [5.41, 5.74) is -0.905. The summed E-state index contributed by atoms with van der Waals surface area (Å²) in [6.07, 6.45) is -4.58. The smallest absolute Gasteiger partial charge is 0.325 e. The Balaban J connectivity index is 1.54. The Hall–Kier alpha value is -2.17. The second-order valence-corrected chi connectivity index (χ2v) is 7.41. The van der Waals surface area contributed by atoms with E-state index >= 15 is 0 Å². The first-order valence-corrected chi connectivity index (χ1v) is 9.53. The van der Waals surface area contributed by atoms with Crippen molar-refractivity contribution < 1.29 is 18.0 Å². The molecule has 0 bridgehead atoms. The number of hydrogen-bond acceptors (Lipinski definition) is 5. The van der Waals surface area contributed by atoms with Crippen molar-refractivity contribution in [3.8, 4) is 0 Å². The number of aryl methyl sites for hydroxylation is 1. The Morgan fingerprint density at radius 2 is 2.00 bits per heavy atom. The van der Waals surface area contributed by atoms with Crippen LogP contribution in [0.25, 0.3) is 0 Å². The van der Waals surface area contributed by atoms with E-state index in [1.807, 2.05) is 11.8 Å². The highest BCUT2D eigenvalue weighted by atomic mass is 35.5. The summed E-state index contributed by atoms with van der Waals surface area (Å²) in [4.78, 5) is 21.0. The minimum absolute atomic E-state index is 0.0668. The SMILES string of the molecule is Cc1nc(CN2CCN(C(C)C(=O)Nc3ccc(Cl)c(C(F)(F)F)c3)CC2)n[nH]1. The van der Waals surface area contributed by atoms with Crippen molar-refractivity contribution in [3.63, 3.8) is 0 Å². The van der Waals surface area contributed by atoms with Gasteiger partial charge in [-0.2, -0.15) is 18.3 Å². The van der Waals surface area contributed by atoms with Gasteiger partial charge in [0.2, 0.25) is 5.91 Å². The predicted molar refractivity (Wildman–Crippen MR) is 103 cm³/mol. The number of alkyl halides is 3. The predicted octanol–water partition coefficient (Wildman–Crippen LogP) is 2.93. The van der Waals surface area contributed by atoms with Crippen LogP contribution in [0.1, 0.15) is 24.1 Å². The Kier molecular flexibility index (Phi) is 6.45. The van der Waals surface area contributed by atoms with Crippen molar-refractivity contribution in [1.82, 2.24) is 25.0 Å². The number of nitrogens with zero attached hydrogens (tertiary/aromatic N) is 4. The third-order valence-electron chi connectivity index (χ3n) is 4.88. The fraction of sp³-hybridized carbons (Fsp3) is 0.500. The van der Waals surface area contributed by atoms with Crippen LogP contribution in [0.3, 0.4) is 0 Å². The molecule has 0 radical (unpaired) electrons. The number of nitrogens with one attached hydrogen (secondary N) is 2. The molecular weight excluding hydrogens is 409 g/mol. The van der Waals surface area contributed by atoms with E-state index < -0.39 is 22.8 Å². The highest BCUT2D eigenvalue weighted by Crippen LogP contribution is 2.36. The van der Waals surface area contributed by atoms with E-state index in [9.17, 15) is 18.0 Å². The zero-order chi connectivity index (χ0) is 21.2. The molecule has 1 aliphatic heterocycles. The van der Waals surface area contributed by atoms with Gasteiger partial charge in [-0.3, -0.25) is 19.7 Å². The van der Waals surface area contributed by atoms with Gasteiger partial charge in [-0.1, -0.05) is 11.6 Å². The van der Waals surface area contributed by atoms with E-state index in [1.165, 1.54) is 6.07 Å². The zero-order valence-corrected chi connectivity index (χ0v) is 16.8. The topological polar surface area (TPSA) is 77.2 Å². The van der Waals surface area contributed by atoms with Gasteiger partial charge in [-0.15, -0.1) is 0 Å². The number of anilines is 1. The van der Waals surface area contributed by atoms with Crippen molar-refractivity contribution in [1.29, 1.82) is 0 Å². The molecule has 1 aliphatic rings. The number of amides is 1. The summed E-state index contributed by atoms with van der Waals surface area (Å²) in [5, 5.41) is 9.09. The van der Waals surface area contributed by atoms with Crippen molar-refractivity contribution in [3.05, 3.63) is 40.4 Å². The molecule has 2 N–H and O–H groups in total. The van der Waals surface area contributed by atoms with Crippen LogP contribution in [0.2, 0.25) is 5.02 Å². The molecule has 11 heteroatoms. The molecule has 1 amide bonds. The van der Waals surface area contributed by atoms with Gasteiger partial charge in [0, 0.05) is 31.9 Å². The Bertz CT molecular complexity index is 864. The van der Waals surface area contributed by atoms with Crippen LogP contribution in [0, 0.1) is 6.92 Å². The Labute approximate surface area is 171 Å². The number of halogens is 4. The molecule has 1 aromatic carbocycles. The first-order chi connectivity index (χ1) is 13.6. The third kappa shape index (κ3) is 5.46. The maximum Gasteiger partial charge on any atom is 0.417 e. The summed E-state index contributed by atoms with van der Waals surface area (Å²) >= 11 is 5.62. The lowest BCUT2D eigenvalue weighted by Gasteiger charge is -2.37. The van der Waals surface area contributed by atoms with Gasteiger partial charge in [0.15, 0.2) is 5.82 Å². The van der Waals surface area contributed by atoms with Gasteiger partial charge >= 0.3 is 6.18 Å².